The Labute approximate surface area is 235 Å². The summed E-state index contributed by atoms with van der Waals surface area (Å²) in [6, 6.07) is 37.6. The summed E-state index contributed by atoms with van der Waals surface area (Å²) in [5, 5.41) is 0. The fourth-order valence-corrected chi connectivity index (χ4v) is 5.12. The molecule has 1 fully saturated rings. The van der Waals surface area contributed by atoms with Gasteiger partial charge in [-0.3, -0.25) is 4.90 Å². The molecule has 40 heavy (non-hydrogen) atoms. The third-order valence-electron chi connectivity index (χ3n) is 7.06. The van der Waals surface area contributed by atoms with Gasteiger partial charge in [-0.2, -0.15) is 0 Å². The van der Waals surface area contributed by atoms with Crippen molar-refractivity contribution in [1.29, 1.82) is 0 Å². The highest BCUT2D eigenvalue weighted by Crippen LogP contribution is 2.34. The number of ether oxygens (including phenoxy) is 3. The molecule has 204 valence electrons. The Hall–Kier alpha value is -4.26. The van der Waals surface area contributed by atoms with Crippen molar-refractivity contribution in [2.24, 2.45) is 0 Å². The van der Waals surface area contributed by atoms with Crippen molar-refractivity contribution in [2.75, 3.05) is 0 Å². The third-order valence-corrected chi connectivity index (χ3v) is 7.06. The minimum atomic E-state index is -1.07. The Balaban J connectivity index is 1.50. The molecule has 0 radical (unpaired) electrons. The van der Waals surface area contributed by atoms with Gasteiger partial charge in [0.25, 0.3) is 0 Å². The summed E-state index contributed by atoms with van der Waals surface area (Å²) in [6.07, 6.45) is -1.61. The van der Waals surface area contributed by atoms with E-state index in [0.717, 1.165) is 11.1 Å². The largest absolute Gasteiger partial charge is 0.450 e. The van der Waals surface area contributed by atoms with Gasteiger partial charge in [0.1, 0.15) is 0 Å². The number of hydrogen-bond acceptors (Lipinski definition) is 6. The molecular weight excluding hydrogens is 502 g/mol. The molecule has 0 N–H and O–H groups in total. The SMILES string of the molecule is CC[C@H]1O[C@H](OC(=O)c2ccccc2)C(OC(=O)c2ccccc2)[C@H]1N(Cc1ccccc1)Cc1ccccc1. The number of benzene rings is 4. The van der Waals surface area contributed by atoms with Crippen LogP contribution in [0, 0.1) is 0 Å². The highest BCUT2D eigenvalue weighted by molar-refractivity contribution is 5.90. The van der Waals surface area contributed by atoms with Gasteiger partial charge in [0.2, 0.25) is 6.29 Å². The van der Waals surface area contributed by atoms with Crippen molar-refractivity contribution in [2.45, 2.75) is 51.0 Å². The molecule has 6 heteroatoms. The van der Waals surface area contributed by atoms with E-state index in [0.29, 0.717) is 30.6 Å². The second kappa shape index (κ2) is 13.2. The maximum absolute atomic E-state index is 13.3. The van der Waals surface area contributed by atoms with Crippen molar-refractivity contribution >= 4 is 11.9 Å². The maximum atomic E-state index is 13.3. The molecular formula is C34H33NO5. The van der Waals surface area contributed by atoms with E-state index < -0.39 is 24.3 Å². The van der Waals surface area contributed by atoms with Crippen LogP contribution in [0.25, 0.3) is 0 Å². The molecule has 1 heterocycles. The molecule has 0 aromatic heterocycles. The minimum absolute atomic E-state index is 0.338. The van der Waals surface area contributed by atoms with Crippen LogP contribution >= 0.6 is 0 Å². The van der Waals surface area contributed by atoms with Crippen molar-refractivity contribution in [1.82, 2.24) is 4.90 Å². The van der Waals surface area contributed by atoms with Crippen LogP contribution in [0.2, 0.25) is 0 Å². The predicted molar refractivity (Wildman–Crippen MR) is 152 cm³/mol. The molecule has 1 aliphatic heterocycles. The van der Waals surface area contributed by atoms with Crippen LogP contribution in [0.1, 0.15) is 45.2 Å². The molecule has 1 aliphatic rings. The quantitative estimate of drug-likeness (QED) is 0.223. The number of nitrogens with zero attached hydrogens (tertiary/aromatic N) is 1. The monoisotopic (exact) mass is 535 g/mol. The Morgan fingerprint density at radius 2 is 1.07 bits per heavy atom. The molecule has 0 spiro atoms. The number of carbonyl (C=O) groups excluding carboxylic acids is 2. The molecule has 0 saturated carbocycles. The van der Waals surface area contributed by atoms with Crippen molar-refractivity contribution in [3.8, 4) is 0 Å². The molecule has 1 saturated heterocycles. The van der Waals surface area contributed by atoms with Crippen LogP contribution in [0.15, 0.2) is 121 Å². The molecule has 0 amide bonds. The van der Waals surface area contributed by atoms with Gasteiger partial charge in [-0.25, -0.2) is 9.59 Å². The van der Waals surface area contributed by atoms with Gasteiger partial charge >= 0.3 is 11.9 Å². The zero-order valence-corrected chi connectivity index (χ0v) is 22.5. The van der Waals surface area contributed by atoms with Gasteiger partial charge < -0.3 is 14.2 Å². The molecule has 4 atom stereocenters. The van der Waals surface area contributed by atoms with E-state index in [9.17, 15) is 9.59 Å². The highest BCUT2D eigenvalue weighted by atomic mass is 16.7. The van der Waals surface area contributed by atoms with E-state index in [4.69, 9.17) is 14.2 Å². The second-order valence-corrected chi connectivity index (χ2v) is 9.83. The Morgan fingerprint density at radius 3 is 1.52 bits per heavy atom. The number of esters is 2. The Morgan fingerprint density at radius 1 is 0.650 bits per heavy atom. The number of hydrogen-bond donors (Lipinski definition) is 0. The standard InChI is InChI=1S/C34H33NO5/c1-2-29-30(35(23-25-15-7-3-8-16-25)24-26-17-9-4-10-18-26)31(39-32(36)27-19-11-5-12-20-27)34(38-29)40-33(37)28-21-13-6-14-22-28/h3-22,29-31,34H,2,23-24H2,1H3/t29-,30+,31?,34-/m1/s1. The molecule has 5 rings (SSSR count). The summed E-state index contributed by atoms with van der Waals surface area (Å²) in [7, 11) is 0. The lowest BCUT2D eigenvalue weighted by Crippen LogP contribution is -2.49. The number of rotatable bonds is 10. The van der Waals surface area contributed by atoms with Gasteiger partial charge in [-0.15, -0.1) is 0 Å². The fourth-order valence-electron chi connectivity index (χ4n) is 5.12. The second-order valence-electron chi connectivity index (χ2n) is 9.83. The van der Waals surface area contributed by atoms with E-state index in [1.807, 2.05) is 55.5 Å². The first-order valence-corrected chi connectivity index (χ1v) is 13.6. The average Bonchev–Trinajstić information content (AvgIpc) is 3.35. The molecule has 4 aromatic rings. The highest BCUT2D eigenvalue weighted by Gasteiger charge is 2.51. The predicted octanol–water partition coefficient (Wildman–Crippen LogP) is 6.27. The van der Waals surface area contributed by atoms with Crippen LogP contribution in [0.5, 0.6) is 0 Å². The topological polar surface area (TPSA) is 65.1 Å². The normalized spacial score (nSPS) is 20.2. The summed E-state index contributed by atoms with van der Waals surface area (Å²) in [4.78, 5) is 28.7. The van der Waals surface area contributed by atoms with Gasteiger partial charge in [0, 0.05) is 13.1 Å². The van der Waals surface area contributed by atoms with Crippen molar-refractivity contribution < 1.29 is 23.8 Å². The molecule has 4 aromatic carbocycles. The van der Waals surface area contributed by atoms with Crippen LogP contribution in [0.4, 0.5) is 0 Å². The first kappa shape index (κ1) is 27.3. The Kier molecular flexibility index (Phi) is 9.01. The van der Waals surface area contributed by atoms with Crippen LogP contribution in [-0.4, -0.2) is 41.4 Å². The smallest absolute Gasteiger partial charge is 0.340 e. The Bertz CT molecular complexity index is 1320. The van der Waals surface area contributed by atoms with Gasteiger partial charge in [0.15, 0.2) is 6.10 Å². The van der Waals surface area contributed by atoms with Crippen molar-refractivity contribution in [3.63, 3.8) is 0 Å². The number of carbonyl (C=O) groups is 2. The zero-order chi connectivity index (χ0) is 27.7. The lowest BCUT2D eigenvalue weighted by Gasteiger charge is -2.35. The van der Waals surface area contributed by atoms with Gasteiger partial charge in [0.05, 0.1) is 23.3 Å². The summed E-state index contributed by atoms with van der Waals surface area (Å²) < 4.78 is 18.4. The lowest BCUT2D eigenvalue weighted by molar-refractivity contribution is -0.136. The molecule has 0 bridgehead atoms. The maximum Gasteiger partial charge on any atom is 0.340 e. The third kappa shape index (κ3) is 6.65. The molecule has 1 unspecified atom stereocenters. The van der Waals surface area contributed by atoms with Gasteiger partial charge in [-0.1, -0.05) is 104 Å². The van der Waals surface area contributed by atoms with Gasteiger partial charge in [-0.05, 0) is 41.8 Å². The summed E-state index contributed by atoms with van der Waals surface area (Å²) in [5.41, 5.74) is 3.06. The van der Waals surface area contributed by atoms with E-state index in [1.54, 1.807) is 48.5 Å². The summed E-state index contributed by atoms with van der Waals surface area (Å²) in [5.74, 6) is -1.02. The van der Waals surface area contributed by atoms with Crippen LogP contribution in [-0.2, 0) is 27.3 Å². The molecule has 0 aliphatic carbocycles. The first-order valence-electron chi connectivity index (χ1n) is 13.6. The van der Waals surface area contributed by atoms with E-state index in [1.165, 1.54) is 0 Å². The summed E-state index contributed by atoms with van der Waals surface area (Å²) in [6.45, 7) is 3.22. The average molecular weight is 536 g/mol. The van der Waals surface area contributed by atoms with E-state index in [-0.39, 0.29) is 12.1 Å². The van der Waals surface area contributed by atoms with Crippen LogP contribution in [0.3, 0.4) is 0 Å². The van der Waals surface area contributed by atoms with E-state index in [2.05, 4.69) is 29.2 Å². The van der Waals surface area contributed by atoms with E-state index >= 15 is 0 Å². The fraction of sp³-hybridized carbons (Fsp3) is 0.235. The first-order chi connectivity index (χ1) is 19.6. The summed E-state index contributed by atoms with van der Waals surface area (Å²) >= 11 is 0. The van der Waals surface area contributed by atoms with Crippen LogP contribution < -0.4 is 0 Å². The van der Waals surface area contributed by atoms with Crippen molar-refractivity contribution in [3.05, 3.63) is 144 Å². The zero-order valence-electron chi connectivity index (χ0n) is 22.5. The lowest BCUT2D eigenvalue weighted by atomic mass is 10.0. The molecule has 6 nitrogen and oxygen atoms in total. The minimum Gasteiger partial charge on any atom is -0.450 e.